The lowest BCUT2D eigenvalue weighted by atomic mass is 9.85. The first kappa shape index (κ1) is 24.7. The van der Waals surface area contributed by atoms with E-state index in [0.717, 1.165) is 9.21 Å². The molecular formula is C22H25ClN4O5S. The van der Waals surface area contributed by atoms with Crippen LogP contribution in [0.25, 0.3) is 0 Å². The van der Waals surface area contributed by atoms with Gasteiger partial charge in [-0.3, -0.25) is 14.5 Å². The molecule has 0 bridgehead atoms. The molecule has 9 nitrogen and oxygen atoms in total. The monoisotopic (exact) mass is 492 g/mol. The molecule has 0 unspecified atom stereocenters. The van der Waals surface area contributed by atoms with Gasteiger partial charge >= 0.3 is 6.03 Å². The second-order valence-electron chi connectivity index (χ2n) is 7.82. The van der Waals surface area contributed by atoms with Crippen LogP contribution in [0.5, 0.6) is 0 Å². The first-order valence-corrected chi connectivity index (χ1v) is 12.1. The Bertz CT molecular complexity index is 1190. The van der Waals surface area contributed by atoms with Crippen molar-refractivity contribution in [1.82, 2.24) is 14.5 Å². The zero-order chi connectivity index (χ0) is 24.4. The molecule has 4 amide bonds. The summed E-state index contributed by atoms with van der Waals surface area (Å²) >= 11 is 6.03. The molecule has 1 saturated heterocycles. The molecule has 33 heavy (non-hydrogen) atoms. The Morgan fingerprint density at radius 1 is 1.15 bits per heavy atom. The Morgan fingerprint density at radius 2 is 1.82 bits per heavy atom. The van der Waals surface area contributed by atoms with Crippen molar-refractivity contribution in [3.8, 4) is 0 Å². The van der Waals surface area contributed by atoms with Crippen molar-refractivity contribution in [2.75, 3.05) is 26.0 Å². The number of amides is 4. The molecular weight excluding hydrogens is 468 g/mol. The van der Waals surface area contributed by atoms with Gasteiger partial charge in [0.05, 0.1) is 5.02 Å². The highest BCUT2D eigenvalue weighted by Gasteiger charge is 2.52. The summed E-state index contributed by atoms with van der Waals surface area (Å²) in [7, 11) is -1.11. The van der Waals surface area contributed by atoms with Crippen LogP contribution < -0.4 is 10.6 Å². The van der Waals surface area contributed by atoms with E-state index in [2.05, 4.69) is 10.6 Å². The Labute approximate surface area is 197 Å². The molecule has 176 valence electrons. The zero-order valence-electron chi connectivity index (χ0n) is 18.5. The summed E-state index contributed by atoms with van der Waals surface area (Å²) in [5, 5.41) is 5.29. The first-order valence-electron chi connectivity index (χ1n) is 10.2. The molecule has 11 heteroatoms. The lowest BCUT2D eigenvalue weighted by molar-refractivity contribution is -0.134. The maximum Gasteiger partial charge on any atom is 0.325 e. The van der Waals surface area contributed by atoms with E-state index in [0.29, 0.717) is 18.4 Å². The van der Waals surface area contributed by atoms with Gasteiger partial charge in [-0.05, 0) is 30.2 Å². The van der Waals surface area contributed by atoms with Gasteiger partial charge in [0.15, 0.2) is 0 Å². The third-order valence-corrected chi connectivity index (χ3v) is 7.64. The minimum Gasteiger partial charge on any atom is -0.324 e. The largest absolute Gasteiger partial charge is 0.325 e. The molecule has 1 heterocycles. The summed E-state index contributed by atoms with van der Waals surface area (Å²) in [6.45, 7) is 1.38. The van der Waals surface area contributed by atoms with E-state index in [4.69, 9.17) is 11.6 Å². The summed E-state index contributed by atoms with van der Waals surface area (Å²) in [5.74, 6) is -1.17. The predicted molar refractivity (Wildman–Crippen MR) is 124 cm³/mol. The van der Waals surface area contributed by atoms with Crippen LogP contribution in [0.3, 0.4) is 0 Å². The van der Waals surface area contributed by atoms with Crippen LogP contribution in [0, 0.1) is 0 Å². The number of rotatable bonds is 8. The second-order valence-corrected chi connectivity index (χ2v) is 10.4. The Kier molecular flexibility index (Phi) is 7.11. The van der Waals surface area contributed by atoms with E-state index in [-0.39, 0.29) is 15.6 Å². The average molecular weight is 493 g/mol. The molecule has 1 aliphatic heterocycles. The van der Waals surface area contributed by atoms with Crippen LogP contribution in [0.1, 0.15) is 25.3 Å². The number of carbonyl (C=O) groups excluding carboxylic acids is 3. The molecule has 3 rings (SSSR count). The number of nitrogens with zero attached hydrogens (tertiary/aromatic N) is 2. The lowest BCUT2D eigenvalue weighted by Gasteiger charge is -2.26. The van der Waals surface area contributed by atoms with Gasteiger partial charge < -0.3 is 10.6 Å². The fourth-order valence-electron chi connectivity index (χ4n) is 3.70. The smallest absolute Gasteiger partial charge is 0.324 e. The molecule has 0 aromatic heterocycles. The van der Waals surface area contributed by atoms with E-state index < -0.39 is 40.0 Å². The number of urea groups is 1. The molecule has 2 aromatic carbocycles. The van der Waals surface area contributed by atoms with Crippen LogP contribution in [0.15, 0.2) is 53.4 Å². The van der Waals surface area contributed by atoms with Gasteiger partial charge in [-0.1, -0.05) is 55.3 Å². The van der Waals surface area contributed by atoms with Crippen LogP contribution in [-0.2, 0) is 25.2 Å². The molecule has 0 saturated carbocycles. The summed E-state index contributed by atoms with van der Waals surface area (Å²) < 4.78 is 25.9. The minimum absolute atomic E-state index is 0.00278. The Balaban J connectivity index is 1.81. The normalized spacial score (nSPS) is 18.5. The van der Waals surface area contributed by atoms with Gasteiger partial charge in [0.25, 0.3) is 5.91 Å². The molecule has 1 fully saturated rings. The van der Waals surface area contributed by atoms with Gasteiger partial charge in [0, 0.05) is 19.8 Å². The molecule has 2 aromatic rings. The standard InChI is InChI=1S/C22H25ClN4O5S/c1-4-12-22(15-8-6-5-7-9-15)20(29)27(21(30)25-22)14-19(28)24-16-10-11-17(23)18(13-16)33(31,32)26(2)3/h5-11,13H,4,12,14H2,1-3H3,(H,24,28)(H,25,30)/t22-/m1/s1. The van der Waals surface area contributed by atoms with Gasteiger partial charge in [-0.15, -0.1) is 0 Å². The van der Waals surface area contributed by atoms with E-state index in [9.17, 15) is 22.8 Å². The molecule has 0 radical (unpaired) electrons. The summed E-state index contributed by atoms with van der Waals surface area (Å²) in [4.78, 5) is 39.3. The fourth-order valence-corrected chi connectivity index (χ4v) is 5.09. The number of nitrogens with one attached hydrogen (secondary N) is 2. The van der Waals surface area contributed by atoms with Crippen molar-refractivity contribution in [2.45, 2.75) is 30.2 Å². The number of anilines is 1. The lowest BCUT2D eigenvalue weighted by Crippen LogP contribution is -2.44. The number of carbonyl (C=O) groups is 3. The van der Waals surface area contributed by atoms with E-state index in [1.807, 2.05) is 13.0 Å². The quantitative estimate of drug-likeness (QED) is 0.550. The third kappa shape index (κ3) is 4.73. The number of imide groups is 1. The highest BCUT2D eigenvalue weighted by atomic mass is 35.5. The number of benzene rings is 2. The number of hydrogen-bond donors (Lipinski definition) is 2. The zero-order valence-corrected chi connectivity index (χ0v) is 20.0. The number of halogens is 1. The van der Waals surface area contributed by atoms with Gasteiger partial charge in [0.2, 0.25) is 15.9 Å². The number of sulfonamides is 1. The number of hydrogen-bond acceptors (Lipinski definition) is 5. The first-order chi connectivity index (χ1) is 15.5. The molecule has 0 spiro atoms. The van der Waals surface area contributed by atoms with E-state index >= 15 is 0 Å². The van der Waals surface area contributed by atoms with E-state index in [1.165, 1.54) is 32.3 Å². The molecule has 1 atom stereocenters. The van der Waals surface area contributed by atoms with Gasteiger partial charge in [-0.2, -0.15) is 0 Å². The maximum absolute atomic E-state index is 13.3. The SMILES string of the molecule is CCC[C@]1(c2ccccc2)NC(=O)N(CC(=O)Nc2ccc(Cl)c(S(=O)(=O)N(C)C)c2)C1=O. The minimum atomic E-state index is -3.84. The van der Waals surface area contributed by atoms with Gasteiger partial charge in [-0.25, -0.2) is 17.5 Å². The van der Waals surface area contributed by atoms with Crippen molar-refractivity contribution in [3.05, 3.63) is 59.1 Å². The highest BCUT2D eigenvalue weighted by molar-refractivity contribution is 7.89. The van der Waals surface area contributed by atoms with E-state index in [1.54, 1.807) is 24.3 Å². The highest BCUT2D eigenvalue weighted by Crippen LogP contribution is 2.33. The molecule has 0 aliphatic carbocycles. The summed E-state index contributed by atoms with van der Waals surface area (Å²) in [6.07, 6.45) is 1.01. The second kappa shape index (κ2) is 9.50. The van der Waals surface area contributed by atoms with Crippen LogP contribution in [-0.4, -0.2) is 56.1 Å². The van der Waals surface area contributed by atoms with Crippen molar-refractivity contribution in [3.63, 3.8) is 0 Å². The van der Waals surface area contributed by atoms with Crippen molar-refractivity contribution < 1.29 is 22.8 Å². The van der Waals surface area contributed by atoms with Crippen LogP contribution in [0.4, 0.5) is 10.5 Å². The van der Waals surface area contributed by atoms with Crippen LogP contribution >= 0.6 is 11.6 Å². The third-order valence-electron chi connectivity index (χ3n) is 5.34. The Morgan fingerprint density at radius 3 is 2.42 bits per heavy atom. The molecule has 2 N–H and O–H groups in total. The Hall–Kier alpha value is -2.95. The fraction of sp³-hybridized carbons (Fsp3) is 0.318. The van der Waals surface area contributed by atoms with Crippen molar-refractivity contribution >= 4 is 45.2 Å². The summed E-state index contributed by atoms with van der Waals surface area (Å²) in [5.41, 5.74) is -0.426. The summed E-state index contributed by atoms with van der Waals surface area (Å²) in [6, 6.07) is 12.2. The van der Waals surface area contributed by atoms with Crippen LogP contribution in [0.2, 0.25) is 5.02 Å². The average Bonchev–Trinajstić information content (AvgIpc) is 3.00. The predicted octanol–water partition coefficient (Wildman–Crippen LogP) is 2.78. The topological polar surface area (TPSA) is 116 Å². The maximum atomic E-state index is 13.3. The molecule has 1 aliphatic rings. The van der Waals surface area contributed by atoms with Gasteiger partial charge in [0.1, 0.15) is 17.0 Å². The van der Waals surface area contributed by atoms with Crippen molar-refractivity contribution in [1.29, 1.82) is 0 Å². The van der Waals surface area contributed by atoms with Crippen molar-refractivity contribution in [2.24, 2.45) is 0 Å².